The molecule has 0 aromatic heterocycles. The first kappa shape index (κ1) is 12.8. The lowest BCUT2D eigenvalue weighted by atomic mass is 9.94. The van der Waals surface area contributed by atoms with Gasteiger partial charge in [0, 0.05) is 24.8 Å². The fourth-order valence-electron chi connectivity index (χ4n) is 3.11. The second-order valence-electron chi connectivity index (χ2n) is 5.46. The number of anilines is 1. The Labute approximate surface area is 110 Å². The zero-order valence-corrected chi connectivity index (χ0v) is 10.6. The first-order valence-corrected chi connectivity index (χ1v) is 6.68. The summed E-state index contributed by atoms with van der Waals surface area (Å²) < 4.78 is 37.4. The van der Waals surface area contributed by atoms with E-state index in [1.54, 1.807) is 0 Å². The first-order chi connectivity index (χ1) is 9.02. The number of halogens is 3. The molecule has 2 bridgehead atoms. The fraction of sp³-hybridized carbons (Fsp3) is 0.571. The predicted molar refractivity (Wildman–Crippen MR) is 68.0 cm³/mol. The standard InChI is InChI=1S/C14H17F3N2/c15-14(16,17)11-1-3-12(4-2-11)18-13-6-8-19-7-5-10(13)9-19/h1-4,10,13,18H,5-9H2. The van der Waals surface area contributed by atoms with E-state index >= 15 is 0 Å². The van der Waals surface area contributed by atoms with Gasteiger partial charge in [-0.15, -0.1) is 0 Å². The van der Waals surface area contributed by atoms with Gasteiger partial charge in [0.1, 0.15) is 0 Å². The summed E-state index contributed by atoms with van der Waals surface area (Å²) in [6.07, 6.45) is -1.99. The number of benzene rings is 1. The van der Waals surface area contributed by atoms with Crippen LogP contribution in [-0.4, -0.2) is 30.6 Å². The first-order valence-electron chi connectivity index (χ1n) is 6.68. The van der Waals surface area contributed by atoms with Crippen LogP contribution in [0.2, 0.25) is 0 Å². The van der Waals surface area contributed by atoms with Crippen LogP contribution in [0.4, 0.5) is 18.9 Å². The highest BCUT2D eigenvalue weighted by atomic mass is 19.4. The molecule has 0 amide bonds. The summed E-state index contributed by atoms with van der Waals surface area (Å²) in [5, 5.41) is 3.39. The van der Waals surface area contributed by atoms with E-state index in [-0.39, 0.29) is 0 Å². The molecule has 2 saturated heterocycles. The van der Waals surface area contributed by atoms with Crippen LogP contribution in [-0.2, 0) is 6.18 Å². The van der Waals surface area contributed by atoms with Crippen molar-refractivity contribution in [1.29, 1.82) is 0 Å². The van der Waals surface area contributed by atoms with E-state index < -0.39 is 11.7 Å². The molecule has 0 aliphatic carbocycles. The van der Waals surface area contributed by atoms with Crippen molar-refractivity contribution in [1.82, 2.24) is 4.90 Å². The number of nitrogens with one attached hydrogen (secondary N) is 1. The van der Waals surface area contributed by atoms with E-state index in [9.17, 15) is 13.2 Å². The zero-order chi connectivity index (χ0) is 13.5. The molecule has 5 heteroatoms. The summed E-state index contributed by atoms with van der Waals surface area (Å²) in [6, 6.07) is 5.75. The lowest BCUT2D eigenvalue weighted by Gasteiger charge is -2.31. The van der Waals surface area contributed by atoms with E-state index in [1.165, 1.54) is 18.6 Å². The van der Waals surface area contributed by atoms with Crippen molar-refractivity contribution in [2.75, 3.05) is 25.0 Å². The lowest BCUT2D eigenvalue weighted by Crippen LogP contribution is -2.39. The van der Waals surface area contributed by atoms with Crippen molar-refractivity contribution in [3.63, 3.8) is 0 Å². The second kappa shape index (κ2) is 4.71. The average molecular weight is 270 g/mol. The van der Waals surface area contributed by atoms with Gasteiger partial charge >= 0.3 is 6.18 Å². The molecular formula is C14H17F3N2. The number of hydrogen-bond donors (Lipinski definition) is 1. The minimum absolute atomic E-state index is 0.399. The maximum absolute atomic E-state index is 12.5. The van der Waals surface area contributed by atoms with Gasteiger partial charge in [-0.3, -0.25) is 0 Å². The Morgan fingerprint density at radius 2 is 1.74 bits per heavy atom. The maximum Gasteiger partial charge on any atom is 0.416 e. The SMILES string of the molecule is FC(F)(F)c1ccc(NC2CCN3CCC2C3)cc1. The number of rotatable bonds is 2. The Hall–Kier alpha value is -1.23. The van der Waals surface area contributed by atoms with Crippen molar-refractivity contribution < 1.29 is 13.2 Å². The smallest absolute Gasteiger partial charge is 0.382 e. The molecule has 3 unspecified atom stereocenters. The van der Waals surface area contributed by atoms with Gasteiger partial charge in [0.05, 0.1) is 5.56 Å². The monoisotopic (exact) mass is 270 g/mol. The Kier molecular flexibility index (Phi) is 3.17. The number of piperidine rings is 1. The van der Waals surface area contributed by atoms with Crippen LogP contribution in [0.15, 0.2) is 24.3 Å². The molecule has 1 N–H and O–H groups in total. The Bertz CT molecular complexity index is 441. The summed E-state index contributed by atoms with van der Waals surface area (Å²) in [5.41, 5.74) is 0.201. The molecule has 0 radical (unpaired) electrons. The van der Waals surface area contributed by atoms with Gasteiger partial charge in [-0.05, 0) is 49.6 Å². The van der Waals surface area contributed by atoms with Crippen LogP contribution >= 0.6 is 0 Å². The number of hydrogen-bond acceptors (Lipinski definition) is 2. The van der Waals surface area contributed by atoms with Gasteiger partial charge in [-0.1, -0.05) is 0 Å². The molecule has 104 valence electrons. The van der Waals surface area contributed by atoms with E-state index in [0.29, 0.717) is 12.0 Å². The minimum Gasteiger partial charge on any atom is -0.382 e. The van der Waals surface area contributed by atoms with Gasteiger partial charge in [-0.25, -0.2) is 0 Å². The molecule has 1 aromatic carbocycles. The molecule has 1 aromatic rings. The van der Waals surface area contributed by atoms with Crippen LogP contribution in [0, 0.1) is 5.92 Å². The maximum atomic E-state index is 12.5. The lowest BCUT2D eigenvalue weighted by molar-refractivity contribution is -0.137. The van der Waals surface area contributed by atoms with Gasteiger partial charge in [0.2, 0.25) is 0 Å². The third kappa shape index (κ3) is 2.71. The molecule has 2 heterocycles. The quantitative estimate of drug-likeness (QED) is 0.887. The topological polar surface area (TPSA) is 15.3 Å². The fourth-order valence-corrected chi connectivity index (χ4v) is 3.11. The van der Waals surface area contributed by atoms with Gasteiger partial charge in [0.25, 0.3) is 0 Å². The molecule has 2 fully saturated rings. The molecule has 3 rings (SSSR count). The molecule has 2 aliphatic rings. The average Bonchev–Trinajstić information content (AvgIpc) is 2.75. The predicted octanol–water partition coefficient (Wildman–Crippen LogP) is 3.21. The van der Waals surface area contributed by atoms with Crippen molar-refractivity contribution >= 4 is 5.69 Å². The van der Waals surface area contributed by atoms with Crippen molar-refractivity contribution in [2.24, 2.45) is 5.92 Å². The highest BCUT2D eigenvalue weighted by molar-refractivity contribution is 5.46. The summed E-state index contributed by atoms with van der Waals surface area (Å²) in [4.78, 5) is 2.45. The second-order valence-corrected chi connectivity index (χ2v) is 5.46. The van der Waals surface area contributed by atoms with Gasteiger partial charge in [-0.2, -0.15) is 13.2 Å². The van der Waals surface area contributed by atoms with E-state index in [2.05, 4.69) is 10.2 Å². The van der Waals surface area contributed by atoms with Crippen LogP contribution in [0.25, 0.3) is 0 Å². The summed E-state index contributed by atoms with van der Waals surface area (Å²) in [5.74, 6) is 0.635. The molecule has 19 heavy (non-hydrogen) atoms. The van der Waals surface area contributed by atoms with Gasteiger partial charge < -0.3 is 10.2 Å². The third-order valence-electron chi connectivity index (χ3n) is 4.20. The highest BCUT2D eigenvalue weighted by Crippen LogP contribution is 2.32. The zero-order valence-electron chi connectivity index (χ0n) is 10.6. The molecule has 0 spiro atoms. The van der Waals surface area contributed by atoms with Crippen molar-refractivity contribution in [2.45, 2.75) is 25.1 Å². The molecule has 3 atom stereocenters. The summed E-state index contributed by atoms with van der Waals surface area (Å²) in [7, 11) is 0. The molecule has 0 saturated carbocycles. The summed E-state index contributed by atoms with van der Waals surface area (Å²) >= 11 is 0. The Morgan fingerprint density at radius 1 is 1.05 bits per heavy atom. The minimum atomic E-state index is -4.25. The molecular weight excluding hydrogens is 253 g/mol. The Balaban J connectivity index is 1.67. The number of fused-ring (bicyclic) bond motifs is 2. The van der Waals surface area contributed by atoms with E-state index in [0.717, 1.165) is 43.9 Å². The van der Waals surface area contributed by atoms with Gasteiger partial charge in [0.15, 0.2) is 0 Å². The largest absolute Gasteiger partial charge is 0.416 e. The van der Waals surface area contributed by atoms with Crippen molar-refractivity contribution in [3.8, 4) is 0 Å². The summed E-state index contributed by atoms with van der Waals surface area (Å²) in [6.45, 7) is 3.38. The third-order valence-corrected chi connectivity index (χ3v) is 4.20. The van der Waals surface area contributed by atoms with E-state index in [1.807, 2.05) is 0 Å². The highest BCUT2D eigenvalue weighted by Gasteiger charge is 2.34. The Morgan fingerprint density at radius 3 is 2.42 bits per heavy atom. The van der Waals surface area contributed by atoms with Crippen molar-refractivity contribution in [3.05, 3.63) is 29.8 Å². The number of alkyl halides is 3. The normalized spacial score (nSPS) is 30.4. The van der Waals surface area contributed by atoms with Crippen LogP contribution in [0.3, 0.4) is 0 Å². The molecule has 2 nitrogen and oxygen atoms in total. The molecule has 2 aliphatic heterocycles. The van der Waals surface area contributed by atoms with Crippen LogP contribution in [0.1, 0.15) is 18.4 Å². The van der Waals surface area contributed by atoms with Crippen LogP contribution in [0.5, 0.6) is 0 Å². The van der Waals surface area contributed by atoms with E-state index in [4.69, 9.17) is 0 Å². The number of nitrogens with zero attached hydrogens (tertiary/aromatic N) is 1. The van der Waals surface area contributed by atoms with Crippen LogP contribution < -0.4 is 5.32 Å².